The van der Waals surface area contributed by atoms with Crippen molar-refractivity contribution in [2.24, 2.45) is 5.73 Å². The van der Waals surface area contributed by atoms with Crippen molar-refractivity contribution < 1.29 is 0 Å². The fraction of sp³-hybridized carbons (Fsp3) is 0.0909. The van der Waals surface area contributed by atoms with Gasteiger partial charge in [0, 0.05) is 8.95 Å². The van der Waals surface area contributed by atoms with E-state index in [1.807, 2.05) is 18.2 Å². The molecule has 0 fully saturated rings. The van der Waals surface area contributed by atoms with Gasteiger partial charge in [0.15, 0.2) is 0 Å². The summed E-state index contributed by atoms with van der Waals surface area (Å²) in [4.78, 5) is 0. The molecule has 0 amide bonds. The van der Waals surface area contributed by atoms with E-state index in [2.05, 4.69) is 59.2 Å². The van der Waals surface area contributed by atoms with Crippen LogP contribution in [0.4, 0.5) is 0 Å². The van der Waals surface area contributed by atoms with E-state index in [1.165, 1.54) is 0 Å². The van der Waals surface area contributed by atoms with Gasteiger partial charge in [-0.15, -0.1) is 11.3 Å². The van der Waals surface area contributed by atoms with Crippen molar-refractivity contribution in [2.45, 2.75) is 6.04 Å². The highest BCUT2D eigenvalue weighted by Crippen LogP contribution is 2.32. The first-order valence-electron chi connectivity index (χ1n) is 4.52. The molecule has 0 aliphatic heterocycles. The summed E-state index contributed by atoms with van der Waals surface area (Å²) in [7, 11) is 0. The highest BCUT2D eigenvalue weighted by molar-refractivity contribution is 9.11. The van der Waals surface area contributed by atoms with Crippen LogP contribution in [0.2, 0.25) is 0 Å². The third kappa shape index (κ3) is 2.76. The van der Waals surface area contributed by atoms with Crippen LogP contribution in [0.5, 0.6) is 0 Å². The first kappa shape index (κ1) is 12.8. The molecule has 1 unspecified atom stereocenters. The Morgan fingerprint density at radius 1 is 1.12 bits per heavy atom. The Kier molecular flexibility index (Phi) is 4.24. The standard InChI is InChI=1S/C11H8Br3NS/c12-7-1-2-9(13)8(4-7)11(15)6-3-10(14)16-5-6/h1-5,11H,15H2. The Hall–Kier alpha value is 0.320. The highest BCUT2D eigenvalue weighted by Gasteiger charge is 2.13. The highest BCUT2D eigenvalue weighted by atomic mass is 79.9. The number of hydrogen-bond donors (Lipinski definition) is 1. The van der Waals surface area contributed by atoms with Gasteiger partial charge in [0.2, 0.25) is 0 Å². The zero-order valence-electron chi connectivity index (χ0n) is 8.08. The molecule has 0 spiro atoms. The van der Waals surface area contributed by atoms with Crippen molar-refractivity contribution in [3.05, 3.63) is 53.5 Å². The number of thiophene rings is 1. The number of benzene rings is 1. The number of hydrogen-bond acceptors (Lipinski definition) is 2. The van der Waals surface area contributed by atoms with Crippen LogP contribution in [0.25, 0.3) is 0 Å². The fourth-order valence-corrected chi connectivity index (χ4v) is 3.50. The third-order valence-corrected chi connectivity index (χ3v) is 4.98. The van der Waals surface area contributed by atoms with Gasteiger partial charge in [0.25, 0.3) is 0 Å². The molecule has 16 heavy (non-hydrogen) atoms. The summed E-state index contributed by atoms with van der Waals surface area (Å²) in [6, 6.07) is 7.99. The molecule has 2 aromatic rings. The van der Waals surface area contributed by atoms with Crippen molar-refractivity contribution in [3.63, 3.8) is 0 Å². The number of halogens is 3. The first-order valence-corrected chi connectivity index (χ1v) is 7.78. The Morgan fingerprint density at radius 3 is 2.50 bits per heavy atom. The lowest BCUT2D eigenvalue weighted by Gasteiger charge is -2.13. The van der Waals surface area contributed by atoms with Gasteiger partial charge in [-0.25, -0.2) is 0 Å². The van der Waals surface area contributed by atoms with E-state index in [0.29, 0.717) is 0 Å². The van der Waals surface area contributed by atoms with Gasteiger partial charge >= 0.3 is 0 Å². The second-order valence-electron chi connectivity index (χ2n) is 3.33. The van der Waals surface area contributed by atoms with Crippen LogP contribution < -0.4 is 5.73 Å². The van der Waals surface area contributed by atoms with Crippen molar-refractivity contribution in [1.82, 2.24) is 0 Å². The molecule has 0 aliphatic rings. The van der Waals surface area contributed by atoms with Crippen molar-refractivity contribution in [1.29, 1.82) is 0 Å². The minimum absolute atomic E-state index is 0.102. The smallest absolute Gasteiger partial charge is 0.0701 e. The molecule has 2 rings (SSSR count). The van der Waals surface area contributed by atoms with E-state index in [4.69, 9.17) is 5.73 Å². The van der Waals surface area contributed by atoms with Gasteiger partial charge in [0.05, 0.1) is 9.83 Å². The van der Waals surface area contributed by atoms with Crippen LogP contribution in [-0.4, -0.2) is 0 Å². The van der Waals surface area contributed by atoms with Gasteiger partial charge in [-0.05, 0) is 56.7 Å². The largest absolute Gasteiger partial charge is 0.320 e. The molecule has 1 aromatic heterocycles. The van der Waals surface area contributed by atoms with Crippen molar-refractivity contribution in [3.8, 4) is 0 Å². The van der Waals surface area contributed by atoms with E-state index in [9.17, 15) is 0 Å². The summed E-state index contributed by atoms with van der Waals surface area (Å²) in [6.07, 6.45) is 0. The lowest BCUT2D eigenvalue weighted by molar-refractivity contribution is 0.869. The van der Waals surface area contributed by atoms with E-state index in [1.54, 1.807) is 11.3 Å². The summed E-state index contributed by atoms with van der Waals surface area (Å²) >= 11 is 12.1. The summed E-state index contributed by atoms with van der Waals surface area (Å²) in [5.41, 5.74) is 8.44. The second kappa shape index (κ2) is 5.31. The molecular weight excluding hydrogens is 418 g/mol. The summed E-state index contributed by atoms with van der Waals surface area (Å²) in [5.74, 6) is 0. The maximum absolute atomic E-state index is 6.23. The zero-order valence-corrected chi connectivity index (χ0v) is 13.7. The van der Waals surface area contributed by atoms with Gasteiger partial charge in [-0.3, -0.25) is 0 Å². The van der Waals surface area contributed by atoms with E-state index < -0.39 is 0 Å². The van der Waals surface area contributed by atoms with E-state index in [-0.39, 0.29) is 6.04 Å². The molecule has 1 aromatic carbocycles. The number of rotatable bonds is 2. The maximum atomic E-state index is 6.23. The molecule has 2 N–H and O–H groups in total. The Labute approximate surface area is 123 Å². The maximum Gasteiger partial charge on any atom is 0.0701 e. The summed E-state index contributed by atoms with van der Waals surface area (Å²) in [6.45, 7) is 0. The Balaban J connectivity index is 2.40. The molecular formula is C11H8Br3NS. The molecule has 0 aliphatic carbocycles. The second-order valence-corrected chi connectivity index (χ2v) is 7.39. The molecule has 1 nitrogen and oxygen atoms in total. The molecule has 5 heteroatoms. The Morgan fingerprint density at radius 2 is 1.88 bits per heavy atom. The average Bonchev–Trinajstić information content (AvgIpc) is 2.67. The SMILES string of the molecule is NC(c1csc(Br)c1)c1cc(Br)ccc1Br. The zero-order chi connectivity index (χ0) is 11.7. The van der Waals surface area contributed by atoms with E-state index in [0.717, 1.165) is 23.9 Å². The predicted molar refractivity (Wildman–Crippen MR) is 79.9 cm³/mol. The fourth-order valence-electron chi connectivity index (χ4n) is 1.42. The third-order valence-electron chi connectivity index (χ3n) is 2.24. The summed E-state index contributed by atoms with van der Waals surface area (Å²) in [5, 5.41) is 2.07. The normalized spacial score (nSPS) is 12.8. The molecule has 0 radical (unpaired) electrons. The predicted octanol–water partition coefficient (Wildman–Crippen LogP) is 5.08. The topological polar surface area (TPSA) is 26.0 Å². The van der Waals surface area contributed by atoms with Gasteiger partial charge in [-0.1, -0.05) is 31.9 Å². The Bertz CT molecular complexity index is 510. The minimum atomic E-state index is -0.102. The summed E-state index contributed by atoms with van der Waals surface area (Å²) < 4.78 is 3.17. The van der Waals surface area contributed by atoms with Crippen molar-refractivity contribution in [2.75, 3.05) is 0 Å². The van der Waals surface area contributed by atoms with Crippen molar-refractivity contribution >= 4 is 59.1 Å². The lowest BCUT2D eigenvalue weighted by atomic mass is 10.0. The molecule has 1 heterocycles. The molecule has 0 bridgehead atoms. The monoisotopic (exact) mass is 423 g/mol. The van der Waals surface area contributed by atoms with E-state index >= 15 is 0 Å². The van der Waals surface area contributed by atoms with Gasteiger partial charge in [-0.2, -0.15) is 0 Å². The van der Waals surface area contributed by atoms with Crippen LogP contribution in [0.3, 0.4) is 0 Å². The average molecular weight is 426 g/mol. The molecule has 84 valence electrons. The molecule has 1 atom stereocenters. The molecule has 0 saturated carbocycles. The quantitative estimate of drug-likeness (QED) is 0.713. The lowest BCUT2D eigenvalue weighted by Crippen LogP contribution is -2.11. The van der Waals surface area contributed by atoms with Gasteiger partial charge < -0.3 is 5.73 Å². The van der Waals surface area contributed by atoms with Crippen LogP contribution in [0, 0.1) is 0 Å². The van der Waals surface area contributed by atoms with Crippen LogP contribution in [-0.2, 0) is 0 Å². The minimum Gasteiger partial charge on any atom is -0.320 e. The van der Waals surface area contributed by atoms with Crippen LogP contribution >= 0.6 is 59.1 Å². The first-order chi connectivity index (χ1) is 7.58. The van der Waals surface area contributed by atoms with Crippen LogP contribution in [0.15, 0.2) is 42.4 Å². The molecule has 0 saturated heterocycles. The van der Waals surface area contributed by atoms with Gasteiger partial charge in [0.1, 0.15) is 0 Å². The van der Waals surface area contributed by atoms with Crippen LogP contribution in [0.1, 0.15) is 17.2 Å². The number of nitrogens with two attached hydrogens (primary N) is 1.